The van der Waals surface area contributed by atoms with Crippen LogP contribution in [0, 0.1) is 0 Å². The molecule has 2 aromatic carbocycles. The minimum atomic E-state index is 0.531. The molecule has 0 N–H and O–H groups in total. The number of ether oxygens (including phenoxy) is 1. The molecule has 124 valence electrons. The van der Waals surface area contributed by atoms with Crippen molar-refractivity contribution in [3.63, 3.8) is 0 Å². The number of hydrogen-bond acceptors (Lipinski definition) is 5. The molecule has 0 fully saturated rings. The van der Waals surface area contributed by atoms with E-state index < -0.39 is 0 Å². The standard InChI is InChI=1S/C19H20N2O2S/c1-13(2)14-6-10-17(11-7-14)24-12-18-20-21-19(23-18)15-4-8-16(22-3)9-5-15/h4-11,13H,12H2,1-3H3. The van der Waals surface area contributed by atoms with Crippen LogP contribution >= 0.6 is 11.8 Å². The van der Waals surface area contributed by atoms with Crippen molar-refractivity contribution in [2.75, 3.05) is 7.11 Å². The van der Waals surface area contributed by atoms with E-state index >= 15 is 0 Å². The molecule has 0 aliphatic carbocycles. The predicted octanol–water partition coefficient (Wildman–Crippen LogP) is 5.16. The van der Waals surface area contributed by atoms with E-state index in [1.165, 1.54) is 10.5 Å². The lowest BCUT2D eigenvalue weighted by Crippen LogP contribution is -1.86. The highest BCUT2D eigenvalue weighted by Gasteiger charge is 2.09. The largest absolute Gasteiger partial charge is 0.497 e. The summed E-state index contributed by atoms with van der Waals surface area (Å²) in [6.07, 6.45) is 0. The molecule has 0 radical (unpaired) electrons. The van der Waals surface area contributed by atoms with Crippen LogP contribution in [0.2, 0.25) is 0 Å². The van der Waals surface area contributed by atoms with Gasteiger partial charge in [0.05, 0.1) is 12.9 Å². The van der Waals surface area contributed by atoms with Crippen molar-refractivity contribution in [2.45, 2.75) is 30.4 Å². The Morgan fingerprint density at radius 1 is 1.00 bits per heavy atom. The fourth-order valence-electron chi connectivity index (χ4n) is 2.26. The number of methoxy groups -OCH3 is 1. The third kappa shape index (κ3) is 3.97. The van der Waals surface area contributed by atoms with Crippen LogP contribution in [-0.2, 0) is 5.75 Å². The lowest BCUT2D eigenvalue weighted by molar-refractivity contribution is 0.415. The number of rotatable bonds is 6. The summed E-state index contributed by atoms with van der Waals surface area (Å²) in [5.74, 6) is 3.16. The van der Waals surface area contributed by atoms with E-state index in [4.69, 9.17) is 9.15 Å². The van der Waals surface area contributed by atoms with E-state index in [0.717, 1.165) is 11.3 Å². The molecule has 0 aliphatic rings. The summed E-state index contributed by atoms with van der Waals surface area (Å²) in [4.78, 5) is 1.20. The summed E-state index contributed by atoms with van der Waals surface area (Å²) in [5, 5.41) is 8.25. The topological polar surface area (TPSA) is 48.2 Å². The van der Waals surface area contributed by atoms with E-state index in [9.17, 15) is 0 Å². The molecule has 0 bridgehead atoms. The Balaban J connectivity index is 1.63. The first-order valence-corrected chi connectivity index (χ1v) is 8.84. The van der Waals surface area contributed by atoms with Gasteiger partial charge in [-0.15, -0.1) is 22.0 Å². The highest BCUT2D eigenvalue weighted by Crippen LogP contribution is 2.26. The third-order valence-corrected chi connectivity index (χ3v) is 4.71. The molecule has 0 aliphatic heterocycles. The quantitative estimate of drug-likeness (QED) is 0.580. The Kier molecular flexibility index (Phi) is 5.20. The van der Waals surface area contributed by atoms with E-state index in [1.54, 1.807) is 18.9 Å². The normalized spacial score (nSPS) is 11.0. The van der Waals surface area contributed by atoms with Gasteiger partial charge in [0.2, 0.25) is 11.8 Å². The predicted molar refractivity (Wildman–Crippen MR) is 96.4 cm³/mol. The van der Waals surface area contributed by atoms with Crippen molar-refractivity contribution in [1.82, 2.24) is 10.2 Å². The number of benzene rings is 2. The second-order valence-corrected chi connectivity index (χ2v) is 6.79. The van der Waals surface area contributed by atoms with Gasteiger partial charge in [0, 0.05) is 10.5 Å². The molecular formula is C19H20N2O2S. The molecule has 3 rings (SSSR count). The average molecular weight is 340 g/mol. The molecule has 5 heteroatoms. The maximum absolute atomic E-state index is 5.74. The minimum absolute atomic E-state index is 0.531. The Bertz CT molecular complexity index is 780. The van der Waals surface area contributed by atoms with Crippen molar-refractivity contribution in [3.8, 4) is 17.2 Å². The van der Waals surface area contributed by atoms with E-state index in [0.29, 0.717) is 23.5 Å². The van der Waals surface area contributed by atoms with Gasteiger partial charge in [0.15, 0.2) is 0 Å². The Labute approximate surface area is 146 Å². The van der Waals surface area contributed by atoms with Gasteiger partial charge in [-0.3, -0.25) is 0 Å². The van der Waals surface area contributed by atoms with Gasteiger partial charge in [-0.05, 0) is 47.9 Å². The first-order valence-electron chi connectivity index (χ1n) is 7.85. The minimum Gasteiger partial charge on any atom is -0.497 e. The molecule has 0 spiro atoms. The van der Waals surface area contributed by atoms with Crippen LogP contribution in [-0.4, -0.2) is 17.3 Å². The summed E-state index contributed by atoms with van der Waals surface area (Å²) in [6.45, 7) is 4.39. The first-order chi connectivity index (χ1) is 11.7. The summed E-state index contributed by atoms with van der Waals surface area (Å²) in [6, 6.07) is 16.2. The van der Waals surface area contributed by atoms with Crippen LogP contribution in [0.1, 0.15) is 31.2 Å². The van der Waals surface area contributed by atoms with Gasteiger partial charge in [-0.1, -0.05) is 26.0 Å². The van der Waals surface area contributed by atoms with Crippen molar-refractivity contribution in [1.29, 1.82) is 0 Å². The second kappa shape index (κ2) is 7.53. The Morgan fingerprint density at radius 2 is 1.71 bits per heavy atom. The maximum atomic E-state index is 5.74. The second-order valence-electron chi connectivity index (χ2n) is 5.74. The van der Waals surface area contributed by atoms with Crippen molar-refractivity contribution in [3.05, 3.63) is 60.0 Å². The molecule has 0 amide bonds. The summed E-state index contributed by atoms with van der Waals surface area (Å²) < 4.78 is 10.9. The van der Waals surface area contributed by atoms with Gasteiger partial charge in [0.1, 0.15) is 5.75 Å². The van der Waals surface area contributed by atoms with Crippen molar-refractivity contribution < 1.29 is 9.15 Å². The van der Waals surface area contributed by atoms with Gasteiger partial charge in [-0.2, -0.15) is 0 Å². The zero-order valence-corrected chi connectivity index (χ0v) is 14.8. The number of aromatic nitrogens is 2. The zero-order valence-electron chi connectivity index (χ0n) is 14.0. The molecule has 1 heterocycles. The van der Waals surface area contributed by atoms with Gasteiger partial charge < -0.3 is 9.15 Å². The lowest BCUT2D eigenvalue weighted by Gasteiger charge is -2.05. The highest BCUT2D eigenvalue weighted by atomic mass is 32.2. The number of nitrogens with zero attached hydrogens (tertiary/aromatic N) is 2. The van der Waals surface area contributed by atoms with Crippen molar-refractivity contribution >= 4 is 11.8 Å². The van der Waals surface area contributed by atoms with Crippen LogP contribution < -0.4 is 4.74 Å². The molecule has 0 unspecified atom stereocenters. The maximum Gasteiger partial charge on any atom is 0.247 e. The molecule has 0 atom stereocenters. The van der Waals surface area contributed by atoms with Crippen LogP contribution in [0.15, 0.2) is 57.8 Å². The SMILES string of the molecule is COc1ccc(-c2nnc(CSc3ccc(C(C)C)cc3)o2)cc1. The van der Waals surface area contributed by atoms with Crippen LogP contribution in [0.3, 0.4) is 0 Å². The molecule has 4 nitrogen and oxygen atoms in total. The van der Waals surface area contributed by atoms with Gasteiger partial charge in [-0.25, -0.2) is 0 Å². The van der Waals surface area contributed by atoms with Gasteiger partial charge in [0.25, 0.3) is 0 Å². The Morgan fingerprint density at radius 3 is 2.33 bits per heavy atom. The van der Waals surface area contributed by atoms with Crippen molar-refractivity contribution in [2.24, 2.45) is 0 Å². The zero-order chi connectivity index (χ0) is 16.9. The summed E-state index contributed by atoms with van der Waals surface area (Å²) in [7, 11) is 1.64. The molecule has 24 heavy (non-hydrogen) atoms. The molecule has 0 saturated carbocycles. The van der Waals surface area contributed by atoms with E-state index in [-0.39, 0.29) is 0 Å². The summed E-state index contributed by atoms with van der Waals surface area (Å²) in [5.41, 5.74) is 2.24. The number of thioether (sulfide) groups is 1. The molecule has 1 aromatic heterocycles. The van der Waals surface area contributed by atoms with E-state index in [1.807, 2.05) is 24.3 Å². The van der Waals surface area contributed by atoms with Crippen LogP contribution in [0.4, 0.5) is 0 Å². The van der Waals surface area contributed by atoms with Crippen LogP contribution in [0.25, 0.3) is 11.5 Å². The number of hydrogen-bond donors (Lipinski definition) is 0. The monoisotopic (exact) mass is 340 g/mol. The molecule has 3 aromatic rings. The van der Waals surface area contributed by atoms with E-state index in [2.05, 4.69) is 48.3 Å². The molecular weight excluding hydrogens is 320 g/mol. The highest BCUT2D eigenvalue weighted by molar-refractivity contribution is 7.98. The van der Waals surface area contributed by atoms with Crippen LogP contribution in [0.5, 0.6) is 5.75 Å². The fraction of sp³-hybridized carbons (Fsp3) is 0.263. The average Bonchev–Trinajstić information content (AvgIpc) is 3.09. The molecule has 0 saturated heterocycles. The first kappa shape index (κ1) is 16.6. The third-order valence-electron chi connectivity index (χ3n) is 3.71. The van der Waals surface area contributed by atoms with Gasteiger partial charge >= 0.3 is 0 Å². The smallest absolute Gasteiger partial charge is 0.247 e. The summed E-state index contributed by atoms with van der Waals surface area (Å²) >= 11 is 1.69. The lowest BCUT2D eigenvalue weighted by atomic mass is 10.0. The Hall–Kier alpha value is -2.27. The fourth-order valence-corrected chi connectivity index (χ4v) is 2.99.